The average molecular weight is 421 g/mol. The molecule has 0 atom stereocenters. The first-order chi connectivity index (χ1) is 13.6. The third-order valence-electron chi connectivity index (χ3n) is 4.28. The summed E-state index contributed by atoms with van der Waals surface area (Å²) in [5, 5.41) is 9.77. The van der Waals surface area contributed by atoms with Crippen LogP contribution in [0.5, 0.6) is 0 Å². The number of hydrogen-bond donors (Lipinski definition) is 0. The molecule has 2 aromatic rings. The van der Waals surface area contributed by atoms with Crippen LogP contribution in [0.2, 0.25) is 5.02 Å². The Hall–Kier alpha value is -2.32. The fourth-order valence-corrected chi connectivity index (χ4v) is 3.59. The quantitative estimate of drug-likeness (QED) is 0.691. The molecule has 28 heavy (non-hydrogen) atoms. The van der Waals surface area contributed by atoms with Gasteiger partial charge in [0, 0.05) is 36.8 Å². The van der Waals surface area contributed by atoms with E-state index in [0.717, 1.165) is 11.3 Å². The molecule has 1 aliphatic rings. The summed E-state index contributed by atoms with van der Waals surface area (Å²) in [6, 6.07) is 11.1. The summed E-state index contributed by atoms with van der Waals surface area (Å²) in [6.07, 6.45) is -0.319. The van der Waals surface area contributed by atoms with E-state index in [0.29, 0.717) is 42.8 Å². The van der Waals surface area contributed by atoms with Crippen LogP contribution in [0.25, 0.3) is 11.3 Å². The minimum absolute atomic E-state index is 0.0251. The third-order valence-corrected chi connectivity index (χ3v) is 5.44. The summed E-state index contributed by atoms with van der Waals surface area (Å²) in [4.78, 5) is 27.5. The van der Waals surface area contributed by atoms with Crippen molar-refractivity contribution >= 4 is 35.4 Å². The van der Waals surface area contributed by atoms with Gasteiger partial charge in [0.15, 0.2) is 0 Å². The van der Waals surface area contributed by atoms with Gasteiger partial charge in [-0.25, -0.2) is 4.79 Å². The van der Waals surface area contributed by atoms with Crippen LogP contribution in [0.1, 0.15) is 6.92 Å². The lowest BCUT2D eigenvalue weighted by atomic mass is 10.1. The van der Waals surface area contributed by atoms with Crippen molar-refractivity contribution in [2.45, 2.75) is 11.9 Å². The molecule has 1 aromatic heterocycles. The highest BCUT2D eigenvalue weighted by Gasteiger charge is 2.24. The maximum atomic E-state index is 12.4. The molecule has 3 rings (SSSR count). The molecule has 7 nitrogen and oxygen atoms in total. The Labute approximate surface area is 173 Å². The Balaban J connectivity index is 1.47. The highest BCUT2D eigenvalue weighted by molar-refractivity contribution is 7.99. The second kappa shape index (κ2) is 9.75. The van der Waals surface area contributed by atoms with E-state index in [-0.39, 0.29) is 17.8 Å². The predicted molar refractivity (Wildman–Crippen MR) is 108 cm³/mol. The first-order valence-corrected chi connectivity index (χ1v) is 10.3. The number of benzene rings is 1. The van der Waals surface area contributed by atoms with Crippen LogP contribution < -0.4 is 0 Å². The van der Waals surface area contributed by atoms with E-state index in [1.807, 2.05) is 36.4 Å². The minimum atomic E-state index is -0.319. The van der Waals surface area contributed by atoms with Crippen LogP contribution in [0.4, 0.5) is 4.79 Å². The molecular formula is C19H21ClN4O3S. The second-order valence-corrected chi connectivity index (χ2v) is 7.55. The summed E-state index contributed by atoms with van der Waals surface area (Å²) < 4.78 is 4.99. The predicted octanol–water partition coefficient (Wildman–Crippen LogP) is 3.19. The molecule has 2 heterocycles. The van der Waals surface area contributed by atoms with E-state index in [4.69, 9.17) is 16.3 Å². The average Bonchev–Trinajstić information content (AvgIpc) is 2.73. The molecule has 1 fully saturated rings. The van der Waals surface area contributed by atoms with Crippen molar-refractivity contribution in [3.63, 3.8) is 0 Å². The lowest BCUT2D eigenvalue weighted by Gasteiger charge is -2.34. The van der Waals surface area contributed by atoms with Crippen molar-refractivity contribution in [2.24, 2.45) is 0 Å². The van der Waals surface area contributed by atoms with E-state index < -0.39 is 0 Å². The summed E-state index contributed by atoms with van der Waals surface area (Å²) in [5.74, 6) is 0.311. The van der Waals surface area contributed by atoms with Crippen molar-refractivity contribution < 1.29 is 14.3 Å². The van der Waals surface area contributed by atoms with Crippen LogP contribution >= 0.6 is 23.4 Å². The highest BCUT2D eigenvalue weighted by atomic mass is 35.5. The Kier molecular flexibility index (Phi) is 7.11. The van der Waals surface area contributed by atoms with Crippen LogP contribution in [-0.4, -0.2) is 70.5 Å². The maximum absolute atomic E-state index is 12.4. The highest BCUT2D eigenvalue weighted by Crippen LogP contribution is 2.21. The molecule has 1 aromatic carbocycles. The van der Waals surface area contributed by atoms with E-state index in [9.17, 15) is 9.59 Å². The van der Waals surface area contributed by atoms with Crippen molar-refractivity contribution in [3.8, 4) is 11.3 Å². The number of carbonyl (C=O) groups excluding carboxylic acids is 2. The zero-order valence-corrected chi connectivity index (χ0v) is 17.1. The summed E-state index contributed by atoms with van der Waals surface area (Å²) in [7, 11) is 0. The lowest BCUT2D eigenvalue weighted by Crippen LogP contribution is -2.51. The van der Waals surface area contributed by atoms with Gasteiger partial charge in [-0.15, -0.1) is 10.2 Å². The van der Waals surface area contributed by atoms with Gasteiger partial charge in [0.25, 0.3) is 0 Å². The number of hydrogen-bond acceptors (Lipinski definition) is 6. The van der Waals surface area contributed by atoms with Crippen molar-refractivity contribution in [2.75, 3.05) is 38.5 Å². The summed E-state index contributed by atoms with van der Waals surface area (Å²) >= 11 is 7.25. The third kappa shape index (κ3) is 5.36. The molecule has 2 amide bonds. The molecule has 148 valence electrons. The second-order valence-electron chi connectivity index (χ2n) is 6.12. The number of ether oxygens (including phenoxy) is 1. The number of carbonyl (C=O) groups is 2. The Morgan fingerprint density at radius 2 is 1.71 bits per heavy atom. The molecule has 0 aliphatic carbocycles. The number of aromatic nitrogens is 2. The van der Waals surface area contributed by atoms with Crippen LogP contribution in [0, 0.1) is 0 Å². The molecule has 1 aliphatic heterocycles. The van der Waals surface area contributed by atoms with E-state index in [1.165, 1.54) is 11.8 Å². The fourth-order valence-electron chi connectivity index (χ4n) is 2.75. The molecule has 0 N–H and O–H groups in total. The van der Waals surface area contributed by atoms with Gasteiger partial charge >= 0.3 is 6.09 Å². The molecule has 0 unspecified atom stereocenters. The Morgan fingerprint density at radius 3 is 2.32 bits per heavy atom. The molecule has 0 radical (unpaired) electrons. The van der Waals surface area contributed by atoms with Gasteiger partial charge in [-0.2, -0.15) is 0 Å². The summed E-state index contributed by atoms with van der Waals surface area (Å²) in [5.41, 5.74) is 1.69. The Morgan fingerprint density at radius 1 is 1.04 bits per heavy atom. The van der Waals surface area contributed by atoms with E-state index in [2.05, 4.69) is 10.2 Å². The first kappa shape index (κ1) is 20.4. The first-order valence-electron chi connectivity index (χ1n) is 8.98. The minimum Gasteiger partial charge on any atom is -0.450 e. The largest absolute Gasteiger partial charge is 0.450 e. The normalized spacial score (nSPS) is 14.1. The smallest absolute Gasteiger partial charge is 0.409 e. The maximum Gasteiger partial charge on any atom is 0.409 e. The van der Waals surface area contributed by atoms with Gasteiger partial charge in [-0.05, 0) is 31.2 Å². The number of amides is 2. The zero-order valence-electron chi connectivity index (χ0n) is 15.5. The van der Waals surface area contributed by atoms with Gasteiger partial charge in [0.05, 0.1) is 18.1 Å². The van der Waals surface area contributed by atoms with Gasteiger partial charge in [0.2, 0.25) is 5.91 Å². The number of rotatable bonds is 5. The van der Waals surface area contributed by atoms with Gasteiger partial charge in [-0.1, -0.05) is 35.5 Å². The lowest BCUT2D eigenvalue weighted by molar-refractivity contribution is -0.129. The van der Waals surface area contributed by atoms with Crippen LogP contribution in [-0.2, 0) is 9.53 Å². The monoisotopic (exact) mass is 420 g/mol. The Bertz CT molecular complexity index is 809. The van der Waals surface area contributed by atoms with Crippen LogP contribution in [0.3, 0.4) is 0 Å². The van der Waals surface area contributed by atoms with Crippen molar-refractivity contribution in [3.05, 3.63) is 41.4 Å². The van der Waals surface area contributed by atoms with E-state index >= 15 is 0 Å². The number of thioether (sulfide) groups is 1. The molecule has 0 saturated carbocycles. The van der Waals surface area contributed by atoms with Crippen molar-refractivity contribution in [1.29, 1.82) is 0 Å². The van der Waals surface area contributed by atoms with Gasteiger partial charge in [0.1, 0.15) is 5.03 Å². The SMILES string of the molecule is CCOC(=O)N1CCN(C(=O)CSc2ccc(-c3ccc(Cl)cc3)nn2)CC1. The molecule has 1 saturated heterocycles. The van der Waals surface area contributed by atoms with Crippen molar-refractivity contribution in [1.82, 2.24) is 20.0 Å². The molecule has 0 bridgehead atoms. The van der Waals surface area contributed by atoms with E-state index in [1.54, 1.807) is 16.7 Å². The molecule has 0 spiro atoms. The topological polar surface area (TPSA) is 75.6 Å². The fraction of sp³-hybridized carbons (Fsp3) is 0.368. The van der Waals surface area contributed by atoms with Gasteiger partial charge < -0.3 is 14.5 Å². The molecule has 9 heteroatoms. The summed E-state index contributed by atoms with van der Waals surface area (Å²) in [6.45, 7) is 4.14. The number of nitrogens with zero attached hydrogens (tertiary/aromatic N) is 4. The molecular weight excluding hydrogens is 400 g/mol. The standard InChI is InChI=1S/C19H21ClN4O3S/c1-2-27-19(26)24-11-9-23(10-12-24)18(25)13-28-17-8-7-16(21-22-17)14-3-5-15(20)6-4-14/h3-8H,2,9-13H2,1H3. The zero-order chi connectivity index (χ0) is 19.9. The van der Waals surface area contributed by atoms with Crippen LogP contribution in [0.15, 0.2) is 41.4 Å². The number of piperazine rings is 1. The van der Waals surface area contributed by atoms with Gasteiger partial charge in [-0.3, -0.25) is 4.79 Å². The number of halogens is 1.